The Morgan fingerprint density at radius 1 is 1.24 bits per heavy atom. The first-order valence-electron chi connectivity index (χ1n) is 9.14. The number of rotatable bonds is 6. The van der Waals surface area contributed by atoms with Crippen molar-refractivity contribution in [3.05, 3.63) is 91.1 Å². The Labute approximate surface area is 176 Å². The number of nitrogens with one attached hydrogen (secondary N) is 1. The molecule has 1 N–H and O–H groups in total. The number of fused-ring (bicyclic) bond motifs is 1. The fourth-order valence-corrected chi connectivity index (χ4v) is 4.64. The van der Waals surface area contributed by atoms with Crippen LogP contribution < -0.4 is 10.2 Å². The Morgan fingerprint density at radius 3 is 2.83 bits per heavy atom. The minimum Gasteiger partial charge on any atom is -0.361 e. The SMILES string of the molecule is O=C(NCC(c1cccs1)N1CCc2ccccc21)c1ccc(Cl)c([N+](=O)[O-])c1. The Bertz CT molecular complexity index is 1060. The Balaban J connectivity index is 1.55. The lowest BCUT2D eigenvalue weighted by atomic mass is 10.1. The molecular formula is C21H18ClN3O3S. The summed E-state index contributed by atoms with van der Waals surface area (Å²) in [7, 11) is 0. The number of carbonyl (C=O) groups excluding carboxylic acids is 1. The van der Waals surface area contributed by atoms with Crippen LogP contribution in [-0.4, -0.2) is 23.9 Å². The van der Waals surface area contributed by atoms with E-state index in [-0.39, 0.29) is 28.2 Å². The van der Waals surface area contributed by atoms with Crippen molar-refractivity contribution in [1.29, 1.82) is 0 Å². The van der Waals surface area contributed by atoms with Gasteiger partial charge in [0.25, 0.3) is 11.6 Å². The Hall–Kier alpha value is -2.90. The summed E-state index contributed by atoms with van der Waals surface area (Å²) in [6.07, 6.45) is 0.968. The Kier molecular flexibility index (Phi) is 5.51. The zero-order valence-electron chi connectivity index (χ0n) is 15.4. The summed E-state index contributed by atoms with van der Waals surface area (Å²) in [4.78, 5) is 26.6. The zero-order chi connectivity index (χ0) is 20.4. The highest BCUT2D eigenvalue weighted by Crippen LogP contribution is 2.36. The molecule has 0 saturated carbocycles. The van der Waals surface area contributed by atoms with E-state index in [0.717, 1.165) is 17.8 Å². The molecule has 2 aromatic carbocycles. The second-order valence-corrected chi connectivity index (χ2v) is 8.12. The number of halogens is 1. The number of amides is 1. The van der Waals surface area contributed by atoms with Gasteiger partial charge in [0, 0.05) is 35.3 Å². The van der Waals surface area contributed by atoms with Crippen LogP contribution in [0.1, 0.15) is 26.8 Å². The smallest absolute Gasteiger partial charge is 0.288 e. The van der Waals surface area contributed by atoms with Gasteiger partial charge in [0.2, 0.25) is 0 Å². The number of hydrogen-bond donors (Lipinski definition) is 1. The van der Waals surface area contributed by atoms with Crippen LogP contribution in [0.5, 0.6) is 0 Å². The summed E-state index contributed by atoms with van der Waals surface area (Å²) >= 11 is 7.49. The number of para-hydroxylation sites is 1. The second kappa shape index (κ2) is 8.23. The van der Waals surface area contributed by atoms with Gasteiger partial charge in [-0.25, -0.2) is 0 Å². The van der Waals surface area contributed by atoms with Crippen molar-refractivity contribution in [3.63, 3.8) is 0 Å². The lowest BCUT2D eigenvalue weighted by molar-refractivity contribution is -0.384. The Morgan fingerprint density at radius 2 is 2.07 bits per heavy atom. The molecule has 0 radical (unpaired) electrons. The van der Waals surface area contributed by atoms with Crippen molar-refractivity contribution in [2.24, 2.45) is 0 Å². The molecule has 148 valence electrons. The van der Waals surface area contributed by atoms with Crippen LogP contribution in [0.15, 0.2) is 60.0 Å². The zero-order valence-corrected chi connectivity index (χ0v) is 16.9. The van der Waals surface area contributed by atoms with E-state index >= 15 is 0 Å². The number of nitro groups is 1. The van der Waals surface area contributed by atoms with Crippen molar-refractivity contribution in [2.45, 2.75) is 12.5 Å². The third-order valence-electron chi connectivity index (χ3n) is 5.03. The van der Waals surface area contributed by atoms with Crippen LogP contribution in [0.3, 0.4) is 0 Å². The molecule has 1 atom stereocenters. The number of nitro benzene ring substituents is 1. The number of nitrogens with zero attached hydrogens (tertiary/aromatic N) is 2. The summed E-state index contributed by atoms with van der Waals surface area (Å²) in [6.45, 7) is 1.27. The van der Waals surface area contributed by atoms with E-state index in [2.05, 4.69) is 28.4 Å². The topological polar surface area (TPSA) is 75.5 Å². The van der Waals surface area contributed by atoms with Gasteiger partial charge in [0.1, 0.15) is 5.02 Å². The summed E-state index contributed by atoms with van der Waals surface area (Å²) in [5.41, 5.74) is 2.42. The predicted octanol–water partition coefficient (Wildman–Crippen LogP) is 4.84. The van der Waals surface area contributed by atoms with Crippen LogP contribution in [0.25, 0.3) is 0 Å². The lowest BCUT2D eigenvalue weighted by Gasteiger charge is -2.30. The van der Waals surface area contributed by atoms with Crippen LogP contribution in [0, 0.1) is 10.1 Å². The lowest BCUT2D eigenvalue weighted by Crippen LogP contribution is -2.37. The van der Waals surface area contributed by atoms with E-state index in [1.165, 1.54) is 29.4 Å². The first kappa shape index (κ1) is 19.4. The molecule has 1 aliphatic rings. The molecule has 1 unspecified atom stereocenters. The van der Waals surface area contributed by atoms with Crippen molar-refractivity contribution < 1.29 is 9.72 Å². The molecule has 0 aliphatic carbocycles. The molecule has 1 aliphatic heterocycles. The fraction of sp³-hybridized carbons (Fsp3) is 0.190. The maximum absolute atomic E-state index is 12.7. The number of carbonyl (C=O) groups is 1. The summed E-state index contributed by atoms with van der Waals surface area (Å²) in [5.74, 6) is -0.362. The van der Waals surface area contributed by atoms with Gasteiger partial charge in [-0.1, -0.05) is 35.9 Å². The number of thiophene rings is 1. The van der Waals surface area contributed by atoms with Crippen molar-refractivity contribution in [1.82, 2.24) is 5.32 Å². The van der Waals surface area contributed by atoms with E-state index < -0.39 is 4.92 Å². The molecule has 1 amide bonds. The number of hydrogen-bond acceptors (Lipinski definition) is 5. The normalized spacial score (nSPS) is 13.8. The van der Waals surface area contributed by atoms with Gasteiger partial charge >= 0.3 is 0 Å². The van der Waals surface area contributed by atoms with Gasteiger partial charge in [-0.15, -0.1) is 11.3 Å². The van der Waals surface area contributed by atoms with Gasteiger partial charge in [-0.3, -0.25) is 14.9 Å². The first-order chi connectivity index (χ1) is 14.0. The fourth-order valence-electron chi connectivity index (χ4n) is 3.62. The molecule has 6 nitrogen and oxygen atoms in total. The average Bonchev–Trinajstić information content (AvgIpc) is 3.39. The molecular weight excluding hydrogens is 410 g/mol. The molecule has 0 saturated heterocycles. The van der Waals surface area contributed by atoms with Crippen LogP contribution in [0.2, 0.25) is 5.02 Å². The van der Waals surface area contributed by atoms with E-state index in [9.17, 15) is 14.9 Å². The predicted molar refractivity (Wildman–Crippen MR) is 115 cm³/mol. The standard InChI is InChI=1S/C21H18ClN3O3S/c22-16-8-7-15(12-18(16)25(27)28)21(26)23-13-19(20-6-3-11-29-20)24-10-9-14-4-1-2-5-17(14)24/h1-8,11-12,19H,9-10,13H2,(H,23,26). The molecule has 4 rings (SSSR count). The van der Waals surface area contributed by atoms with Gasteiger partial charge in [-0.2, -0.15) is 0 Å². The van der Waals surface area contributed by atoms with Crippen molar-refractivity contribution >= 4 is 40.2 Å². The molecule has 2 heterocycles. The van der Waals surface area contributed by atoms with Crippen LogP contribution in [0.4, 0.5) is 11.4 Å². The third-order valence-corrected chi connectivity index (χ3v) is 6.33. The van der Waals surface area contributed by atoms with Gasteiger partial charge in [0.05, 0.1) is 11.0 Å². The summed E-state index contributed by atoms with van der Waals surface area (Å²) in [5, 5.41) is 16.1. The molecule has 29 heavy (non-hydrogen) atoms. The maximum Gasteiger partial charge on any atom is 0.288 e. The minimum absolute atomic E-state index is 0.00936. The van der Waals surface area contributed by atoms with Gasteiger partial charge < -0.3 is 10.2 Å². The molecule has 3 aromatic rings. The monoisotopic (exact) mass is 427 g/mol. The summed E-state index contributed by atoms with van der Waals surface area (Å²) in [6, 6.07) is 16.4. The average molecular weight is 428 g/mol. The first-order valence-corrected chi connectivity index (χ1v) is 10.4. The van der Waals surface area contributed by atoms with Crippen LogP contribution in [-0.2, 0) is 6.42 Å². The van der Waals surface area contributed by atoms with Gasteiger partial charge in [-0.05, 0) is 41.6 Å². The highest BCUT2D eigenvalue weighted by Gasteiger charge is 2.28. The third kappa shape index (κ3) is 3.97. The highest BCUT2D eigenvalue weighted by atomic mass is 35.5. The second-order valence-electron chi connectivity index (χ2n) is 6.74. The van der Waals surface area contributed by atoms with Gasteiger partial charge in [0.15, 0.2) is 0 Å². The van der Waals surface area contributed by atoms with E-state index in [4.69, 9.17) is 11.6 Å². The van der Waals surface area contributed by atoms with E-state index in [0.29, 0.717) is 6.54 Å². The molecule has 0 bridgehead atoms. The minimum atomic E-state index is -0.589. The van der Waals surface area contributed by atoms with E-state index in [1.54, 1.807) is 11.3 Å². The van der Waals surface area contributed by atoms with E-state index in [1.807, 2.05) is 23.6 Å². The van der Waals surface area contributed by atoms with Crippen LogP contribution >= 0.6 is 22.9 Å². The number of anilines is 1. The summed E-state index contributed by atoms with van der Waals surface area (Å²) < 4.78 is 0. The quantitative estimate of drug-likeness (QED) is 0.451. The number of benzene rings is 2. The maximum atomic E-state index is 12.7. The van der Waals surface area contributed by atoms with Crippen molar-refractivity contribution in [3.8, 4) is 0 Å². The molecule has 1 aromatic heterocycles. The van der Waals surface area contributed by atoms with Crippen molar-refractivity contribution in [2.75, 3.05) is 18.0 Å². The largest absolute Gasteiger partial charge is 0.361 e. The molecule has 0 spiro atoms. The molecule has 8 heteroatoms. The highest BCUT2D eigenvalue weighted by molar-refractivity contribution is 7.10. The molecule has 0 fully saturated rings.